The van der Waals surface area contributed by atoms with Crippen LogP contribution in [0.15, 0.2) is 30.3 Å². The predicted octanol–water partition coefficient (Wildman–Crippen LogP) is 3.29. The molecule has 1 aromatic rings. The van der Waals surface area contributed by atoms with E-state index in [0.29, 0.717) is 12.6 Å². The lowest BCUT2D eigenvalue weighted by Crippen LogP contribution is -2.50. The molecule has 4 nitrogen and oxygen atoms in total. The van der Waals surface area contributed by atoms with Crippen molar-refractivity contribution >= 4 is 30.7 Å². The van der Waals surface area contributed by atoms with Gasteiger partial charge in [0, 0.05) is 12.6 Å². The second-order valence-electron chi connectivity index (χ2n) is 7.05. The number of carbonyl (C=O) groups is 1. The van der Waals surface area contributed by atoms with E-state index >= 15 is 0 Å². The van der Waals surface area contributed by atoms with Gasteiger partial charge in [-0.25, -0.2) is 0 Å². The van der Waals surface area contributed by atoms with Crippen LogP contribution < -0.4 is 10.6 Å². The van der Waals surface area contributed by atoms with Crippen LogP contribution in [0.1, 0.15) is 39.2 Å². The summed E-state index contributed by atoms with van der Waals surface area (Å²) in [6.45, 7) is 9.89. The third kappa shape index (κ3) is 8.26. The zero-order chi connectivity index (χ0) is 17.4. The first-order valence-electron chi connectivity index (χ1n) is 9.39. The highest BCUT2D eigenvalue weighted by molar-refractivity contribution is 5.85. The monoisotopic (exact) mass is 403 g/mol. The molecule has 150 valence electrons. The van der Waals surface area contributed by atoms with E-state index in [-0.39, 0.29) is 36.8 Å². The van der Waals surface area contributed by atoms with Crippen molar-refractivity contribution in [1.82, 2.24) is 15.5 Å². The summed E-state index contributed by atoms with van der Waals surface area (Å²) >= 11 is 0. The molecule has 1 heterocycles. The van der Waals surface area contributed by atoms with Gasteiger partial charge in [-0.05, 0) is 64.2 Å². The van der Waals surface area contributed by atoms with Crippen LogP contribution in [0.2, 0.25) is 0 Å². The smallest absolute Gasteiger partial charge is 0.237 e. The van der Waals surface area contributed by atoms with E-state index in [1.165, 1.54) is 18.4 Å². The minimum Gasteiger partial charge on any atom is -0.353 e. The number of halogens is 2. The lowest BCUT2D eigenvalue weighted by atomic mass is 9.89. The lowest BCUT2D eigenvalue weighted by molar-refractivity contribution is -0.126. The molecule has 1 fully saturated rings. The third-order valence-electron chi connectivity index (χ3n) is 5.08. The molecule has 1 aliphatic heterocycles. The summed E-state index contributed by atoms with van der Waals surface area (Å²) in [7, 11) is 0. The molecule has 1 saturated heterocycles. The van der Waals surface area contributed by atoms with Gasteiger partial charge in [0.1, 0.15) is 0 Å². The number of hydrogen-bond acceptors (Lipinski definition) is 3. The van der Waals surface area contributed by atoms with Crippen LogP contribution in [0.25, 0.3) is 0 Å². The van der Waals surface area contributed by atoms with Crippen molar-refractivity contribution in [2.45, 2.75) is 52.1 Å². The molecular formula is C20H35Cl2N3O. The Morgan fingerprint density at radius 2 is 1.77 bits per heavy atom. The first kappa shape index (κ1) is 25.2. The molecule has 2 N–H and O–H groups in total. The summed E-state index contributed by atoms with van der Waals surface area (Å²) in [6.07, 6.45) is 3.52. The number of hydrogen-bond donors (Lipinski definition) is 2. The van der Waals surface area contributed by atoms with Crippen molar-refractivity contribution in [2.75, 3.05) is 26.2 Å². The summed E-state index contributed by atoms with van der Waals surface area (Å²) in [4.78, 5) is 14.7. The minimum atomic E-state index is -0.0310. The topological polar surface area (TPSA) is 44.4 Å². The van der Waals surface area contributed by atoms with Gasteiger partial charge in [0.2, 0.25) is 5.91 Å². The SMILES string of the molecule is CCN[C@H](C)CNC(=O)C(C)N1CCC(Cc2ccccc2)CC1.Cl.Cl. The van der Waals surface area contributed by atoms with E-state index in [1.807, 2.05) is 6.92 Å². The van der Waals surface area contributed by atoms with Gasteiger partial charge in [-0.15, -0.1) is 24.8 Å². The fourth-order valence-electron chi connectivity index (χ4n) is 3.48. The van der Waals surface area contributed by atoms with Crippen LogP contribution in [0.4, 0.5) is 0 Å². The third-order valence-corrected chi connectivity index (χ3v) is 5.08. The van der Waals surface area contributed by atoms with Crippen LogP contribution in [0.3, 0.4) is 0 Å². The number of benzene rings is 1. The first-order valence-corrected chi connectivity index (χ1v) is 9.39. The average molecular weight is 404 g/mol. The molecule has 6 heteroatoms. The summed E-state index contributed by atoms with van der Waals surface area (Å²) in [6, 6.07) is 11.0. The van der Waals surface area contributed by atoms with E-state index in [1.54, 1.807) is 0 Å². The Balaban J connectivity index is 0.00000312. The molecule has 26 heavy (non-hydrogen) atoms. The van der Waals surface area contributed by atoms with Gasteiger partial charge in [-0.3, -0.25) is 9.69 Å². The van der Waals surface area contributed by atoms with Gasteiger partial charge in [0.25, 0.3) is 0 Å². The van der Waals surface area contributed by atoms with E-state index in [0.717, 1.165) is 32.0 Å². The van der Waals surface area contributed by atoms with Crippen molar-refractivity contribution in [3.05, 3.63) is 35.9 Å². The molecule has 0 radical (unpaired) electrons. The fourth-order valence-corrected chi connectivity index (χ4v) is 3.48. The summed E-state index contributed by atoms with van der Waals surface area (Å²) in [5.41, 5.74) is 1.43. The standard InChI is InChI=1S/C20H33N3O.2ClH/c1-4-21-16(2)15-22-20(24)17(3)23-12-10-19(11-13-23)14-18-8-6-5-7-9-18;;/h5-9,16-17,19,21H,4,10-15H2,1-3H3,(H,22,24);2*1H/t16-,17?;;/m1../s1. The van der Waals surface area contributed by atoms with Crippen LogP contribution in [0.5, 0.6) is 0 Å². The van der Waals surface area contributed by atoms with Crippen molar-refractivity contribution in [3.63, 3.8) is 0 Å². The first-order chi connectivity index (χ1) is 11.6. The van der Waals surface area contributed by atoms with E-state index in [4.69, 9.17) is 0 Å². The van der Waals surface area contributed by atoms with Crippen LogP contribution in [0, 0.1) is 5.92 Å². The maximum absolute atomic E-state index is 12.3. The second kappa shape index (κ2) is 13.4. The Morgan fingerprint density at radius 1 is 1.15 bits per heavy atom. The van der Waals surface area contributed by atoms with Crippen molar-refractivity contribution in [3.8, 4) is 0 Å². The molecule has 0 saturated carbocycles. The Labute approximate surface area is 171 Å². The largest absolute Gasteiger partial charge is 0.353 e. The number of likely N-dealkylation sites (N-methyl/N-ethyl adjacent to an activating group) is 1. The highest BCUT2D eigenvalue weighted by Crippen LogP contribution is 2.22. The number of piperidine rings is 1. The molecular weight excluding hydrogens is 369 g/mol. The number of amides is 1. The van der Waals surface area contributed by atoms with Gasteiger partial charge < -0.3 is 10.6 Å². The van der Waals surface area contributed by atoms with Crippen molar-refractivity contribution in [1.29, 1.82) is 0 Å². The quantitative estimate of drug-likeness (QED) is 0.699. The molecule has 2 atom stereocenters. The van der Waals surface area contributed by atoms with Gasteiger partial charge in [0.15, 0.2) is 0 Å². The number of carbonyl (C=O) groups excluding carboxylic acids is 1. The lowest BCUT2D eigenvalue weighted by Gasteiger charge is -2.35. The second-order valence-corrected chi connectivity index (χ2v) is 7.05. The fraction of sp³-hybridized carbons (Fsp3) is 0.650. The molecule has 0 spiro atoms. The highest BCUT2D eigenvalue weighted by Gasteiger charge is 2.26. The number of rotatable bonds is 8. The van der Waals surface area contributed by atoms with Crippen molar-refractivity contribution < 1.29 is 4.79 Å². The van der Waals surface area contributed by atoms with Gasteiger partial charge in [-0.1, -0.05) is 37.3 Å². The summed E-state index contributed by atoms with van der Waals surface area (Å²) in [5.74, 6) is 0.897. The molecule has 1 amide bonds. The normalized spacial score (nSPS) is 17.5. The maximum atomic E-state index is 12.3. The van der Waals surface area contributed by atoms with Gasteiger partial charge in [-0.2, -0.15) is 0 Å². The zero-order valence-electron chi connectivity index (χ0n) is 16.2. The molecule has 1 unspecified atom stereocenters. The number of likely N-dealkylation sites (tertiary alicyclic amines) is 1. The Morgan fingerprint density at radius 3 is 2.35 bits per heavy atom. The molecule has 1 aromatic carbocycles. The maximum Gasteiger partial charge on any atom is 0.237 e. The zero-order valence-corrected chi connectivity index (χ0v) is 17.9. The van der Waals surface area contributed by atoms with E-state index in [2.05, 4.69) is 59.7 Å². The Kier molecular flexibility index (Phi) is 13.0. The van der Waals surface area contributed by atoms with Gasteiger partial charge in [0.05, 0.1) is 6.04 Å². The molecule has 2 rings (SSSR count). The van der Waals surface area contributed by atoms with Crippen LogP contribution in [-0.2, 0) is 11.2 Å². The van der Waals surface area contributed by atoms with Gasteiger partial charge >= 0.3 is 0 Å². The van der Waals surface area contributed by atoms with Crippen molar-refractivity contribution in [2.24, 2.45) is 5.92 Å². The van der Waals surface area contributed by atoms with E-state index < -0.39 is 0 Å². The summed E-state index contributed by atoms with van der Waals surface area (Å²) < 4.78 is 0. The summed E-state index contributed by atoms with van der Waals surface area (Å²) in [5, 5.41) is 6.39. The number of nitrogens with zero attached hydrogens (tertiary/aromatic N) is 1. The molecule has 0 bridgehead atoms. The van der Waals surface area contributed by atoms with Crippen LogP contribution in [-0.4, -0.2) is 49.1 Å². The molecule has 1 aliphatic rings. The molecule has 0 aliphatic carbocycles. The predicted molar refractivity (Wildman–Crippen MR) is 115 cm³/mol. The average Bonchev–Trinajstić information content (AvgIpc) is 2.61. The molecule has 0 aromatic heterocycles. The Hall–Kier alpha value is -0.810. The van der Waals surface area contributed by atoms with E-state index in [9.17, 15) is 4.79 Å². The minimum absolute atomic E-state index is 0. The Bertz CT molecular complexity index is 493. The highest BCUT2D eigenvalue weighted by atomic mass is 35.5. The van der Waals surface area contributed by atoms with Crippen LogP contribution >= 0.6 is 24.8 Å². The number of nitrogens with one attached hydrogen (secondary N) is 2.